The standard InChI is InChI=1S/C18H16F3N3O/c1-24-12-11-22-17(24)16(13-5-3-2-4-6-13)23-14-7-9-15(10-8-14)25-18(19,20)21/h2-12,16,23H,1H3. The number of aryl methyl sites for hydroxylation is 1. The Balaban J connectivity index is 1.85. The molecule has 3 rings (SSSR count). The van der Waals surface area contributed by atoms with Gasteiger partial charge in [0.25, 0.3) is 0 Å². The Morgan fingerprint density at radius 2 is 1.72 bits per heavy atom. The van der Waals surface area contributed by atoms with Crippen LogP contribution in [0.1, 0.15) is 17.4 Å². The van der Waals surface area contributed by atoms with Gasteiger partial charge in [-0.05, 0) is 29.8 Å². The minimum Gasteiger partial charge on any atom is -0.406 e. The minimum atomic E-state index is -4.70. The van der Waals surface area contributed by atoms with Crippen molar-refractivity contribution in [3.8, 4) is 5.75 Å². The lowest BCUT2D eigenvalue weighted by Crippen LogP contribution is -2.18. The van der Waals surface area contributed by atoms with E-state index < -0.39 is 6.36 Å². The van der Waals surface area contributed by atoms with Crippen LogP contribution in [0.15, 0.2) is 67.0 Å². The topological polar surface area (TPSA) is 39.1 Å². The molecule has 1 atom stereocenters. The number of aromatic nitrogens is 2. The molecule has 25 heavy (non-hydrogen) atoms. The number of ether oxygens (including phenoxy) is 1. The molecule has 0 spiro atoms. The molecule has 0 fully saturated rings. The average molecular weight is 347 g/mol. The highest BCUT2D eigenvalue weighted by Gasteiger charge is 2.31. The van der Waals surface area contributed by atoms with Gasteiger partial charge in [0.2, 0.25) is 0 Å². The summed E-state index contributed by atoms with van der Waals surface area (Å²) in [6.07, 6.45) is -1.16. The highest BCUT2D eigenvalue weighted by molar-refractivity contribution is 5.50. The number of nitrogens with one attached hydrogen (secondary N) is 1. The number of benzene rings is 2. The van der Waals surface area contributed by atoms with Crippen LogP contribution in [0.5, 0.6) is 5.75 Å². The number of nitrogens with zero attached hydrogens (tertiary/aromatic N) is 2. The second-order valence-corrected chi connectivity index (χ2v) is 5.46. The number of hydrogen-bond donors (Lipinski definition) is 1. The van der Waals surface area contributed by atoms with E-state index in [2.05, 4.69) is 15.0 Å². The van der Waals surface area contributed by atoms with Crippen molar-refractivity contribution >= 4 is 5.69 Å². The molecule has 1 N–H and O–H groups in total. The Kier molecular flexibility index (Phi) is 4.65. The largest absolute Gasteiger partial charge is 0.573 e. The van der Waals surface area contributed by atoms with Crippen molar-refractivity contribution in [3.05, 3.63) is 78.4 Å². The molecule has 0 aliphatic rings. The number of alkyl halides is 3. The lowest BCUT2D eigenvalue weighted by atomic mass is 10.1. The maximum atomic E-state index is 12.3. The summed E-state index contributed by atoms with van der Waals surface area (Å²) in [6.45, 7) is 0. The quantitative estimate of drug-likeness (QED) is 0.737. The van der Waals surface area contributed by atoms with Gasteiger partial charge in [-0.25, -0.2) is 4.98 Å². The third-order valence-electron chi connectivity index (χ3n) is 3.65. The smallest absolute Gasteiger partial charge is 0.406 e. The first kappa shape index (κ1) is 16.9. The predicted molar refractivity (Wildman–Crippen MR) is 88.2 cm³/mol. The molecule has 7 heteroatoms. The summed E-state index contributed by atoms with van der Waals surface area (Å²) in [5.41, 5.74) is 1.65. The zero-order valence-electron chi connectivity index (χ0n) is 13.4. The van der Waals surface area contributed by atoms with Crippen molar-refractivity contribution < 1.29 is 17.9 Å². The van der Waals surface area contributed by atoms with Gasteiger partial charge >= 0.3 is 6.36 Å². The number of imidazole rings is 1. The predicted octanol–water partition coefficient (Wildman–Crippen LogP) is 4.52. The van der Waals surface area contributed by atoms with Crippen LogP contribution in [0.2, 0.25) is 0 Å². The van der Waals surface area contributed by atoms with Crippen molar-refractivity contribution in [2.24, 2.45) is 7.05 Å². The fraction of sp³-hybridized carbons (Fsp3) is 0.167. The van der Waals surface area contributed by atoms with E-state index in [0.717, 1.165) is 11.4 Å². The Labute approximate surface area is 142 Å². The van der Waals surface area contributed by atoms with Crippen LogP contribution in [0.4, 0.5) is 18.9 Å². The van der Waals surface area contributed by atoms with Crippen molar-refractivity contribution in [2.75, 3.05) is 5.32 Å². The van der Waals surface area contributed by atoms with Crippen molar-refractivity contribution in [2.45, 2.75) is 12.4 Å². The Morgan fingerprint density at radius 1 is 1.04 bits per heavy atom. The Morgan fingerprint density at radius 3 is 2.28 bits per heavy atom. The van der Waals surface area contributed by atoms with Crippen molar-refractivity contribution in [1.82, 2.24) is 9.55 Å². The van der Waals surface area contributed by atoms with Gasteiger partial charge in [-0.1, -0.05) is 30.3 Å². The molecule has 3 aromatic rings. The van der Waals surface area contributed by atoms with Crippen LogP contribution in [0.25, 0.3) is 0 Å². The van der Waals surface area contributed by atoms with Gasteiger partial charge in [0.15, 0.2) is 0 Å². The number of hydrogen-bond acceptors (Lipinski definition) is 3. The first-order valence-corrected chi connectivity index (χ1v) is 7.57. The molecule has 1 heterocycles. The van der Waals surface area contributed by atoms with Crippen LogP contribution in [-0.2, 0) is 7.05 Å². The van der Waals surface area contributed by atoms with Gasteiger partial charge in [0.1, 0.15) is 17.6 Å². The fourth-order valence-corrected chi connectivity index (χ4v) is 2.52. The minimum absolute atomic E-state index is 0.240. The first-order valence-electron chi connectivity index (χ1n) is 7.57. The lowest BCUT2D eigenvalue weighted by molar-refractivity contribution is -0.274. The zero-order chi connectivity index (χ0) is 17.9. The summed E-state index contributed by atoms with van der Waals surface area (Å²) in [5.74, 6) is 0.535. The zero-order valence-corrected chi connectivity index (χ0v) is 13.4. The molecule has 2 aromatic carbocycles. The van der Waals surface area contributed by atoms with Crippen LogP contribution >= 0.6 is 0 Å². The number of rotatable bonds is 5. The molecule has 0 aliphatic heterocycles. The molecular formula is C18H16F3N3O. The van der Waals surface area contributed by atoms with Gasteiger partial charge in [-0.15, -0.1) is 13.2 Å². The molecule has 0 radical (unpaired) electrons. The van der Waals surface area contributed by atoms with Gasteiger partial charge < -0.3 is 14.6 Å². The highest BCUT2D eigenvalue weighted by atomic mass is 19.4. The second kappa shape index (κ2) is 6.88. The molecule has 4 nitrogen and oxygen atoms in total. The van der Waals surface area contributed by atoms with E-state index >= 15 is 0 Å². The van der Waals surface area contributed by atoms with Crippen molar-refractivity contribution in [3.63, 3.8) is 0 Å². The molecule has 0 aliphatic carbocycles. The molecule has 0 saturated carbocycles. The molecular weight excluding hydrogens is 331 g/mol. The Hall–Kier alpha value is -2.96. The summed E-state index contributed by atoms with van der Waals surface area (Å²) in [5, 5.41) is 3.31. The monoisotopic (exact) mass is 347 g/mol. The Bertz CT molecular complexity index is 814. The summed E-state index contributed by atoms with van der Waals surface area (Å²) in [7, 11) is 1.89. The van der Waals surface area contributed by atoms with Crippen LogP contribution < -0.4 is 10.1 Å². The van der Waals surface area contributed by atoms with E-state index in [0.29, 0.717) is 5.69 Å². The summed E-state index contributed by atoms with van der Waals surface area (Å²) >= 11 is 0. The van der Waals surface area contributed by atoms with Crippen LogP contribution in [0, 0.1) is 0 Å². The maximum absolute atomic E-state index is 12.3. The van der Waals surface area contributed by atoms with Gasteiger partial charge in [0, 0.05) is 25.1 Å². The lowest BCUT2D eigenvalue weighted by Gasteiger charge is -2.20. The van der Waals surface area contributed by atoms with Gasteiger partial charge in [0.05, 0.1) is 0 Å². The van der Waals surface area contributed by atoms with Gasteiger partial charge in [-0.2, -0.15) is 0 Å². The summed E-state index contributed by atoms with van der Waals surface area (Å²) < 4.78 is 42.6. The van der Waals surface area contributed by atoms with Crippen molar-refractivity contribution in [1.29, 1.82) is 0 Å². The number of anilines is 1. The van der Waals surface area contributed by atoms with E-state index in [4.69, 9.17) is 0 Å². The SMILES string of the molecule is Cn1ccnc1C(Nc1ccc(OC(F)(F)F)cc1)c1ccccc1. The van der Waals surface area contributed by atoms with E-state index in [1.165, 1.54) is 12.1 Å². The molecule has 0 saturated heterocycles. The molecule has 130 valence electrons. The van der Waals surface area contributed by atoms with Crippen LogP contribution in [0.3, 0.4) is 0 Å². The van der Waals surface area contributed by atoms with Gasteiger partial charge in [-0.3, -0.25) is 0 Å². The first-order chi connectivity index (χ1) is 11.9. The normalized spacial score (nSPS) is 12.6. The molecule has 0 amide bonds. The van der Waals surface area contributed by atoms with E-state index in [-0.39, 0.29) is 11.8 Å². The maximum Gasteiger partial charge on any atom is 0.573 e. The van der Waals surface area contributed by atoms with E-state index in [1.807, 2.05) is 48.1 Å². The van der Waals surface area contributed by atoms with Crippen LogP contribution in [-0.4, -0.2) is 15.9 Å². The molecule has 0 bridgehead atoms. The average Bonchev–Trinajstić information content (AvgIpc) is 2.99. The molecule has 1 aromatic heterocycles. The summed E-state index contributed by atoms with van der Waals surface area (Å²) in [4.78, 5) is 4.38. The number of halogens is 3. The molecule has 1 unspecified atom stereocenters. The van der Waals surface area contributed by atoms with E-state index in [1.54, 1.807) is 18.3 Å². The third kappa shape index (κ3) is 4.32. The third-order valence-corrected chi connectivity index (χ3v) is 3.65. The van der Waals surface area contributed by atoms with E-state index in [9.17, 15) is 13.2 Å². The second-order valence-electron chi connectivity index (χ2n) is 5.46. The fourth-order valence-electron chi connectivity index (χ4n) is 2.52. The highest BCUT2D eigenvalue weighted by Crippen LogP contribution is 2.28. The summed E-state index contributed by atoms with van der Waals surface area (Å²) in [6, 6.07) is 15.1.